The average molecular weight is 436 g/mol. The number of carboxylic acids is 1. The lowest BCUT2D eigenvalue weighted by atomic mass is 10.1. The standard InChI is InChI=1S/C23H20N2O5S/c26-23(27)13-17-6-5-7-18(12-17)15-25(31(28,29)22-10-3-4-11-24-22)16-20-14-19-8-1-2-9-21(19)30-20/h1-12,14H,13,15-16H2,(H,26,27). The van der Waals surface area contributed by atoms with Crippen molar-refractivity contribution in [1.29, 1.82) is 0 Å². The van der Waals surface area contributed by atoms with Crippen LogP contribution in [-0.4, -0.2) is 28.8 Å². The van der Waals surface area contributed by atoms with E-state index < -0.39 is 16.0 Å². The summed E-state index contributed by atoms with van der Waals surface area (Å²) < 4.78 is 33.8. The van der Waals surface area contributed by atoms with Gasteiger partial charge in [0.15, 0.2) is 5.03 Å². The molecular formula is C23H20N2O5S. The van der Waals surface area contributed by atoms with Crippen LogP contribution >= 0.6 is 0 Å². The van der Waals surface area contributed by atoms with Gasteiger partial charge in [-0.2, -0.15) is 4.31 Å². The first kappa shape index (κ1) is 20.8. The molecule has 0 bridgehead atoms. The van der Waals surface area contributed by atoms with Gasteiger partial charge in [-0.3, -0.25) is 4.79 Å². The Balaban J connectivity index is 1.69. The van der Waals surface area contributed by atoms with Gasteiger partial charge in [0.1, 0.15) is 11.3 Å². The van der Waals surface area contributed by atoms with Crippen molar-refractivity contribution >= 4 is 27.0 Å². The number of carbonyl (C=O) groups is 1. The van der Waals surface area contributed by atoms with E-state index in [0.717, 1.165) is 5.39 Å². The molecule has 0 fully saturated rings. The van der Waals surface area contributed by atoms with Crippen molar-refractivity contribution in [2.24, 2.45) is 0 Å². The maximum atomic E-state index is 13.3. The van der Waals surface area contributed by atoms with Crippen LogP contribution in [0.4, 0.5) is 0 Å². The fourth-order valence-electron chi connectivity index (χ4n) is 3.36. The Hall–Kier alpha value is -3.49. The molecule has 2 heterocycles. The number of benzene rings is 2. The summed E-state index contributed by atoms with van der Waals surface area (Å²) in [6.45, 7) is 0.0557. The first-order valence-corrected chi connectivity index (χ1v) is 11.0. The molecule has 2 aromatic carbocycles. The Morgan fingerprint density at radius 2 is 1.71 bits per heavy atom. The molecule has 0 radical (unpaired) electrons. The predicted octanol–water partition coefficient (Wildman–Crippen LogP) is 3.85. The lowest BCUT2D eigenvalue weighted by molar-refractivity contribution is -0.136. The Labute approximate surface area is 179 Å². The molecule has 0 spiro atoms. The number of fused-ring (bicyclic) bond motifs is 1. The summed E-state index contributed by atoms with van der Waals surface area (Å²) in [5, 5.41) is 9.88. The highest BCUT2D eigenvalue weighted by Gasteiger charge is 2.27. The second kappa shape index (κ2) is 8.71. The van der Waals surface area contributed by atoms with Crippen molar-refractivity contribution in [3.63, 3.8) is 0 Å². The van der Waals surface area contributed by atoms with Crippen molar-refractivity contribution in [3.8, 4) is 0 Å². The fraction of sp³-hybridized carbons (Fsp3) is 0.130. The molecule has 0 saturated heterocycles. The van der Waals surface area contributed by atoms with Crippen LogP contribution in [0.3, 0.4) is 0 Å². The second-order valence-corrected chi connectivity index (χ2v) is 8.97. The van der Waals surface area contributed by atoms with E-state index in [9.17, 15) is 13.2 Å². The van der Waals surface area contributed by atoms with Gasteiger partial charge < -0.3 is 9.52 Å². The van der Waals surface area contributed by atoms with Crippen molar-refractivity contribution in [2.75, 3.05) is 0 Å². The van der Waals surface area contributed by atoms with Gasteiger partial charge in [0.2, 0.25) is 0 Å². The van der Waals surface area contributed by atoms with Crippen LogP contribution in [0.25, 0.3) is 11.0 Å². The van der Waals surface area contributed by atoms with Crippen LogP contribution in [0.2, 0.25) is 0 Å². The Kier molecular flexibility index (Phi) is 5.83. The maximum absolute atomic E-state index is 13.3. The third-order valence-corrected chi connectivity index (χ3v) is 6.46. The van der Waals surface area contributed by atoms with E-state index in [2.05, 4.69) is 4.98 Å². The Morgan fingerprint density at radius 1 is 0.935 bits per heavy atom. The molecule has 4 aromatic rings. The number of nitrogens with zero attached hydrogens (tertiary/aromatic N) is 2. The predicted molar refractivity (Wildman–Crippen MR) is 115 cm³/mol. The largest absolute Gasteiger partial charge is 0.481 e. The summed E-state index contributed by atoms with van der Waals surface area (Å²) >= 11 is 0. The zero-order valence-corrected chi connectivity index (χ0v) is 17.3. The van der Waals surface area contributed by atoms with E-state index in [0.29, 0.717) is 22.5 Å². The van der Waals surface area contributed by atoms with Crippen LogP contribution in [0, 0.1) is 0 Å². The molecule has 158 valence electrons. The lowest BCUT2D eigenvalue weighted by Crippen LogP contribution is -2.30. The minimum Gasteiger partial charge on any atom is -0.481 e. The minimum absolute atomic E-state index is 0.0107. The Morgan fingerprint density at radius 3 is 2.45 bits per heavy atom. The van der Waals surface area contributed by atoms with E-state index in [1.54, 1.807) is 36.4 Å². The summed E-state index contributed by atoms with van der Waals surface area (Å²) in [6.07, 6.45) is 1.30. The van der Waals surface area contributed by atoms with Crippen LogP contribution in [0.1, 0.15) is 16.9 Å². The van der Waals surface area contributed by atoms with Crippen molar-refractivity contribution in [2.45, 2.75) is 24.5 Å². The van der Waals surface area contributed by atoms with E-state index in [-0.39, 0.29) is 24.5 Å². The molecule has 0 amide bonds. The maximum Gasteiger partial charge on any atom is 0.307 e. The van der Waals surface area contributed by atoms with Gasteiger partial charge in [-0.15, -0.1) is 0 Å². The van der Waals surface area contributed by atoms with Crippen LogP contribution in [-0.2, 0) is 34.3 Å². The number of para-hydroxylation sites is 1. The Bertz CT molecular complexity index is 1280. The number of pyridine rings is 1. The quantitative estimate of drug-likeness (QED) is 0.450. The molecule has 0 aliphatic heterocycles. The molecule has 31 heavy (non-hydrogen) atoms. The summed E-state index contributed by atoms with van der Waals surface area (Å²) in [5.74, 6) is -0.445. The molecule has 0 aliphatic carbocycles. The third-order valence-electron chi connectivity index (χ3n) is 4.76. The SMILES string of the molecule is O=C(O)Cc1cccc(CN(Cc2cc3ccccc3o2)S(=O)(=O)c2ccccn2)c1. The number of aromatic nitrogens is 1. The highest BCUT2D eigenvalue weighted by molar-refractivity contribution is 7.89. The topological polar surface area (TPSA) is 101 Å². The molecule has 2 aromatic heterocycles. The number of furan rings is 1. The number of hydrogen-bond donors (Lipinski definition) is 1. The van der Waals surface area contributed by atoms with Crippen LogP contribution in [0.15, 0.2) is 88.4 Å². The first-order valence-electron chi connectivity index (χ1n) is 9.60. The highest BCUT2D eigenvalue weighted by atomic mass is 32.2. The zero-order chi connectivity index (χ0) is 21.8. The number of rotatable bonds is 8. The first-order chi connectivity index (χ1) is 14.9. The van der Waals surface area contributed by atoms with Gasteiger partial charge in [0, 0.05) is 18.1 Å². The molecule has 0 unspecified atom stereocenters. The molecule has 8 heteroatoms. The van der Waals surface area contributed by atoms with E-state index >= 15 is 0 Å². The molecule has 7 nitrogen and oxygen atoms in total. The van der Waals surface area contributed by atoms with E-state index in [4.69, 9.17) is 9.52 Å². The summed E-state index contributed by atoms with van der Waals surface area (Å²) in [7, 11) is -3.92. The van der Waals surface area contributed by atoms with E-state index in [1.165, 1.54) is 16.6 Å². The number of sulfonamides is 1. The monoisotopic (exact) mass is 436 g/mol. The van der Waals surface area contributed by atoms with Crippen LogP contribution < -0.4 is 0 Å². The molecule has 4 rings (SSSR count). The molecule has 0 saturated carbocycles. The minimum atomic E-state index is -3.92. The van der Waals surface area contributed by atoms with Crippen LogP contribution in [0.5, 0.6) is 0 Å². The van der Waals surface area contributed by atoms with E-state index in [1.807, 2.05) is 30.3 Å². The van der Waals surface area contributed by atoms with Crippen molar-refractivity contribution < 1.29 is 22.7 Å². The number of hydrogen-bond acceptors (Lipinski definition) is 5. The average Bonchev–Trinajstić information content (AvgIpc) is 3.16. The summed E-state index contributed by atoms with van der Waals surface area (Å²) in [4.78, 5) is 15.1. The fourth-order valence-corrected chi connectivity index (χ4v) is 4.69. The zero-order valence-electron chi connectivity index (χ0n) is 16.5. The van der Waals surface area contributed by atoms with Gasteiger partial charge in [-0.25, -0.2) is 13.4 Å². The molecule has 1 N–H and O–H groups in total. The van der Waals surface area contributed by atoms with Gasteiger partial charge in [0.05, 0.1) is 13.0 Å². The van der Waals surface area contributed by atoms with Crippen molar-refractivity contribution in [3.05, 3.63) is 95.9 Å². The normalized spacial score (nSPS) is 11.8. The summed E-state index contributed by atoms with van der Waals surface area (Å²) in [5.41, 5.74) is 1.95. The van der Waals surface area contributed by atoms with Gasteiger partial charge >= 0.3 is 5.97 Å². The van der Waals surface area contributed by atoms with Crippen molar-refractivity contribution in [1.82, 2.24) is 9.29 Å². The number of aliphatic carboxylic acids is 1. The molecule has 0 aliphatic rings. The third kappa shape index (κ3) is 4.82. The smallest absolute Gasteiger partial charge is 0.307 e. The van der Waals surface area contributed by atoms with Gasteiger partial charge in [-0.05, 0) is 35.4 Å². The molecular weight excluding hydrogens is 416 g/mol. The number of carboxylic acid groups (broad SMARTS) is 1. The lowest BCUT2D eigenvalue weighted by Gasteiger charge is -2.21. The summed E-state index contributed by atoms with van der Waals surface area (Å²) in [6, 6.07) is 20.9. The van der Waals surface area contributed by atoms with Gasteiger partial charge in [-0.1, -0.05) is 48.5 Å². The highest BCUT2D eigenvalue weighted by Crippen LogP contribution is 2.24. The second-order valence-electron chi connectivity index (χ2n) is 7.08. The molecule has 0 atom stereocenters. The van der Waals surface area contributed by atoms with Gasteiger partial charge in [0.25, 0.3) is 10.0 Å².